The van der Waals surface area contributed by atoms with Gasteiger partial charge in [-0.2, -0.15) is 11.8 Å². The minimum atomic E-state index is -3.15. The monoisotopic (exact) mass is 292 g/mol. The lowest BCUT2D eigenvalue weighted by Gasteiger charge is -2.33. The Morgan fingerprint density at radius 1 is 1.17 bits per heavy atom. The van der Waals surface area contributed by atoms with Crippen LogP contribution in [0.2, 0.25) is 0 Å². The Labute approximate surface area is 115 Å². The molecule has 0 aromatic rings. The van der Waals surface area contributed by atoms with Crippen LogP contribution < -0.4 is 10.0 Å². The Bertz CT molecular complexity index is 353. The van der Waals surface area contributed by atoms with Crippen LogP contribution in [0.15, 0.2) is 0 Å². The summed E-state index contributed by atoms with van der Waals surface area (Å²) in [5, 5.41) is 3.39. The summed E-state index contributed by atoms with van der Waals surface area (Å²) in [6, 6.07) is 0.140. The molecule has 0 amide bonds. The van der Waals surface area contributed by atoms with Gasteiger partial charge >= 0.3 is 0 Å². The third-order valence-corrected chi connectivity index (χ3v) is 7.09. The van der Waals surface area contributed by atoms with Gasteiger partial charge in [-0.05, 0) is 38.5 Å². The molecular weight excluding hydrogens is 268 g/mol. The van der Waals surface area contributed by atoms with Crippen molar-refractivity contribution >= 4 is 21.8 Å². The fourth-order valence-corrected chi connectivity index (χ4v) is 5.64. The van der Waals surface area contributed by atoms with Crippen LogP contribution in [0, 0.1) is 0 Å². The van der Waals surface area contributed by atoms with Crippen LogP contribution in [0.25, 0.3) is 0 Å². The molecular formula is C12H24N2O2S2. The summed E-state index contributed by atoms with van der Waals surface area (Å²) in [7, 11) is -3.15. The highest BCUT2D eigenvalue weighted by Crippen LogP contribution is 2.28. The molecule has 1 aliphatic carbocycles. The highest BCUT2D eigenvalue weighted by atomic mass is 32.2. The van der Waals surface area contributed by atoms with E-state index in [0.29, 0.717) is 11.8 Å². The van der Waals surface area contributed by atoms with Crippen molar-refractivity contribution in [3.63, 3.8) is 0 Å². The molecule has 2 aliphatic rings. The smallest absolute Gasteiger partial charge is 0.216 e. The van der Waals surface area contributed by atoms with Crippen molar-refractivity contribution in [2.75, 3.05) is 19.3 Å². The molecule has 6 heteroatoms. The van der Waals surface area contributed by atoms with E-state index in [1.54, 1.807) is 11.8 Å². The number of hydrogen-bond acceptors (Lipinski definition) is 4. The topological polar surface area (TPSA) is 58.2 Å². The molecule has 0 aromatic carbocycles. The molecule has 2 fully saturated rings. The second kappa shape index (κ2) is 6.59. The largest absolute Gasteiger partial charge is 0.315 e. The van der Waals surface area contributed by atoms with Gasteiger partial charge in [0.15, 0.2) is 0 Å². The number of piperidine rings is 1. The van der Waals surface area contributed by atoms with Crippen LogP contribution in [0.4, 0.5) is 0 Å². The lowest BCUT2D eigenvalue weighted by Crippen LogP contribution is -2.50. The Morgan fingerprint density at radius 3 is 2.61 bits per heavy atom. The van der Waals surface area contributed by atoms with Gasteiger partial charge in [-0.3, -0.25) is 0 Å². The van der Waals surface area contributed by atoms with Gasteiger partial charge in [0.1, 0.15) is 0 Å². The van der Waals surface area contributed by atoms with Crippen molar-refractivity contribution in [1.29, 1.82) is 0 Å². The number of sulfonamides is 1. The average Bonchev–Trinajstić information content (AvgIpc) is 2.40. The van der Waals surface area contributed by atoms with Crippen molar-refractivity contribution in [3.8, 4) is 0 Å². The Kier molecular flexibility index (Phi) is 5.35. The lowest BCUT2D eigenvalue weighted by atomic mass is 9.96. The van der Waals surface area contributed by atoms with Crippen molar-refractivity contribution in [2.45, 2.75) is 55.1 Å². The summed E-state index contributed by atoms with van der Waals surface area (Å²) in [4.78, 5) is 0. The van der Waals surface area contributed by atoms with Gasteiger partial charge in [-0.1, -0.05) is 12.8 Å². The molecule has 3 unspecified atom stereocenters. The van der Waals surface area contributed by atoms with Crippen molar-refractivity contribution in [3.05, 3.63) is 0 Å². The third kappa shape index (κ3) is 3.62. The summed E-state index contributed by atoms with van der Waals surface area (Å²) in [6.45, 7) is 1.55. The Balaban J connectivity index is 1.97. The zero-order valence-electron chi connectivity index (χ0n) is 11.0. The summed E-state index contributed by atoms with van der Waals surface area (Å²) < 4.78 is 27.7. The number of rotatable bonds is 4. The SMILES string of the molecule is CSC1CCCCC1NS(=O)(=O)C1CCCNC1. The number of thioether (sulfide) groups is 1. The predicted octanol–water partition coefficient (Wildman–Crippen LogP) is 1.33. The molecule has 0 aromatic heterocycles. The molecule has 106 valence electrons. The summed E-state index contributed by atoms with van der Waals surface area (Å²) in [5.74, 6) is 0. The predicted molar refractivity (Wildman–Crippen MR) is 77.5 cm³/mol. The first kappa shape index (κ1) is 14.6. The Hall–Kier alpha value is 0.220. The van der Waals surface area contributed by atoms with Crippen LogP contribution in [0.5, 0.6) is 0 Å². The molecule has 1 saturated carbocycles. The van der Waals surface area contributed by atoms with E-state index in [1.807, 2.05) is 0 Å². The van der Waals surface area contributed by atoms with Gasteiger partial charge in [-0.15, -0.1) is 0 Å². The van der Waals surface area contributed by atoms with E-state index in [-0.39, 0.29) is 11.3 Å². The maximum absolute atomic E-state index is 12.4. The summed E-state index contributed by atoms with van der Waals surface area (Å²) in [6.07, 6.45) is 8.34. The van der Waals surface area contributed by atoms with Gasteiger partial charge in [0, 0.05) is 17.8 Å². The average molecular weight is 292 g/mol. The van der Waals surface area contributed by atoms with Gasteiger partial charge in [-0.25, -0.2) is 13.1 Å². The van der Waals surface area contributed by atoms with E-state index >= 15 is 0 Å². The highest BCUT2D eigenvalue weighted by Gasteiger charge is 2.33. The first-order valence-corrected chi connectivity index (χ1v) is 9.71. The molecule has 2 rings (SSSR count). The van der Waals surface area contributed by atoms with Crippen molar-refractivity contribution < 1.29 is 8.42 Å². The molecule has 2 N–H and O–H groups in total. The van der Waals surface area contributed by atoms with Gasteiger partial charge in [0.05, 0.1) is 5.25 Å². The second-order valence-corrected chi connectivity index (χ2v) is 8.37. The maximum atomic E-state index is 12.4. The Morgan fingerprint density at radius 2 is 1.94 bits per heavy atom. The molecule has 1 aliphatic heterocycles. The van der Waals surface area contributed by atoms with Gasteiger partial charge in [0.2, 0.25) is 10.0 Å². The molecule has 0 spiro atoms. The van der Waals surface area contributed by atoms with Crippen LogP contribution in [-0.4, -0.2) is 44.3 Å². The summed E-state index contributed by atoms with van der Waals surface area (Å²) in [5.41, 5.74) is 0. The van der Waals surface area contributed by atoms with E-state index in [9.17, 15) is 8.42 Å². The minimum Gasteiger partial charge on any atom is -0.315 e. The molecule has 4 nitrogen and oxygen atoms in total. The number of hydrogen-bond donors (Lipinski definition) is 2. The molecule has 0 radical (unpaired) electrons. The zero-order chi connectivity index (χ0) is 13.0. The van der Waals surface area contributed by atoms with E-state index in [1.165, 1.54) is 6.42 Å². The van der Waals surface area contributed by atoms with E-state index < -0.39 is 10.0 Å². The maximum Gasteiger partial charge on any atom is 0.216 e. The molecule has 1 saturated heterocycles. The first-order valence-electron chi connectivity index (χ1n) is 6.88. The molecule has 18 heavy (non-hydrogen) atoms. The van der Waals surface area contributed by atoms with Crippen LogP contribution in [0.3, 0.4) is 0 Å². The first-order chi connectivity index (χ1) is 8.63. The third-order valence-electron chi connectivity index (χ3n) is 4.01. The summed E-state index contributed by atoms with van der Waals surface area (Å²) >= 11 is 1.80. The van der Waals surface area contributed by atoms with Crippen molar-refractivity contribution in [2.24, 2.45) is 0 Å². The number of nitrogens with one attached hydrogen (secondary N) is 2. The zero-order valence-corrected chi connectivity index (χ0v) is 12.7. The minimum absolute atomic E-state index is 0.140. The highest BCUT2D eigenvalue weighted by molar-refractivity contribution is 7.99. The van der Waals surface area contributed by atoms with Crippen LogP contribution in [-0.2, 0) is 10.0 Å². The van der Waals surface area contributed by atoms with Crippen LogP contribution in [0.1, 0.15) is 38.5 Å². The van der Waals surface area contributed by atoms with Crippen molar-refractivity contribution in [1.82, 2.24) is 10.0 Å². The molecule has 1 heterocycles. The lowest BCUT2D eigenvalue weighted by molar-refractivity contribution is 0.415. The molecule has 0 bridgehead atoms. The fraction of sp³-hybridized carbons (Fsp3) is 1.00. The van der Waals surface area contributed by atoms with E-state index in [4.69, 9.17) is 0 Å². The quantitative estimate of drug-likeness (QED) is 0.821. The fourth-order valence-electron chi connectivity index (χ4n) is 2.91. The van der Waals surface area contributed by atoms with Gasteiger partial charge < -0.3 is 5.32 Å². The standard InChI is InChI=1S/C12H24N2O2S2/c1-17-12-7-3-2-6-11(12)14-18(15,16)10-5-4-8-13-9-10/h10-14H,2-9H2,1H3. The van der Waals surface area contributed by atoms with E-state index in [2.05, 4.69) is 16.3 Å². The van der Waals surface area contributed by atoms with Crippen LogP contribution >= 0.6 is 11.8 Å². The second-order valence-electron chi connectivity index (χ2n) is 5.30. The molecule has 3 atom stereocenters. The normalized spacial score (nSPS) is 34.4. The van der Waals surface area contributed by atoms with Gasteiger partial charge in [0.25, 0.3) is 0 Å². The van der Waals surface area contributed by atoms with E-state index in [0.717, 1.165) is 38.6 Å².